The number of fused-ring (bicyclic) bond motifs is 1. The molecule has 1 N–H and O–H groups in total. The van der Waals surface area contributed by atoms with Crippen molar-refractivity contribution in [3.05, 3.63) is 35.7 Å². The Kier molecular flexibility index (Phi) is 3.51. The maximum Gasteiger partial charge on any atom is 0.323 e. The fourth-order valence-electron chi connectivity index (χ4n) is 2.62. The van der Waals surface area contributed by atoms with Gasteiger partial charge in [-0.25, -0.2) is 9.97 Å². The number of aliphatic carboxylic acids is 1. The van der Waals surface area contributed by atoms with E-state index in [1.54, 1.807) is 18.1 Å². The second-order valence-corrected chi connectivity index (χ2v) is 5.11. The molecule has 1 aliphatic carbocycles. The minimum absolute atomic E-state index is 0.0783. The molecule has 1 aliphatic rings. The Balaban J connectivity index is 2.07. The number of likely N-dealkylation sites (N-methyl/N-ethyl adjacent to an activating group) is 1. The normalized spacial score (nSPS) is 13.0. The number of nitrogens with zero attached hydrogens (tertiary/aromatic N) is 4. The van der Waals surface area contributed by atoms with Gasteiger partial charge >= 0.3 is 5.97 Å². The number of aryl methyl sites for hydroxylation is 1. The van der Waals surface area contributed by atoms with Gasteiger partial charge in [-0.1, -0.05) is 6.07 Å². The first-order valence-electron chi connectivity index (χ1n) is 6.89. The largest absolute Gasteiger partial charge is 0.480 e. The molecular weight excluding hydrogens is 268 g/mol. The average Bonchev–Trinajstić information content (AvgIpc) is 2.94. The van der Waals surface area contributed by atoms with Crippen molar-refractivity contribution in [1.82, 2.24) is 15.0 Å². The van der Waals surface area contributed by atoms with E-state index in [0.717, 1.165) is 30.5 Å². The minimum atomic E-state index is -0.873. The van der Waals surface area contributed by atoms with E-state index >= 15 is 0 Å². The molecule has 6 heteroatoms. The highest BCUT2D eigenvalue weighted by Crippen LogP contribution is 2.30. The van der Waals surface area contributed by atoms with Crippen LogP contribution >= 0.6 is 0 Å². The zero-order chi connectivity index (χ0) is 14.8. The van der Waals surface area contributed by atoms with Crippen LogP contribution in [0, 0.1) is 0 Å². The first-order valence-corrected chi connectivity index (χ1v) is 6.89. The van der Waals surface area contributed by atoms with Gasteiger partial charge in [-0.2, -0.15) is 0 Å². The van der Waals surface area contributed by atoms with Crippen molar-refractivity contribution >= 4 is 11.8 Å². The zero-order valence-electron chi connectivity index (χ0n) is 11.8. The average molecular weight is 284 g/mol. The van der Waals surface area contributed by atoms with Crippen LogP contribution < -0.4 is 4.90 Å². The van der Waals surface area contributed by atoms with Crippen LogP contribution in [0.2, 0.25) is 0 Å². The quantitative estimate of drug-likeness (QED) is 0.917. The van der Waals surface area contributed by atoms with E-state index in [4.69, 9.17) is 5.11 Å². The molecule has 0 amide bonds. The zero-order valence-corrected chi connectivity index (χ0v) is 11.8. The molecule has 0 aliphatic heterocycles. The van der Waals surface area contributed by atoms with E-state index in [-0.39, 0.29) is 6.54 Å². The fourth-order valence-corrected chi connectivity index (χ4v) is 2.62. The smallest absolute Gasteiger partial charge is 0.323 e. The van der Waals surface area contributed by atoms with Crippen LogP contribution in [0.25, 0.3) is 11.5 Å². The van der Waals surface area contributed by atoms with Gasteiger partial charge in [0.05, 0.1) is 0 Å². The van der Waals surface area contributed by atoms with E-state index in [1.807, 2.05) is 18.2 Å². The van der Waals surface area contributed by atoms with Gasteiger partial charge in [-0.05, 0) is 31.4 Å². The van der Waals surface area contributed by atoms with E-state index < -0.39 is 5.97 Å². The number of anilines is 1. The molecule has 0 unspecified atom stereocenters. The summed E-state index contributed by atoms with van der Waals surface area (Å²) in [7, 11) is 1.75. The third-order valence-electron chi connectivity index (χ3n) is 3.54. The number of carbonyl (C=O) groups is 1. The Bertz CT molecular complexity index is 673. The Morgan fingerprint density at radius 1 is 1.33 bits per heavy atom. The lowest BCUT2D eigenvalue weighted by atomic mass is 10.2. The van der Waals surface area contributed by atoms with Crippen LogP contribution in [0.15, 0.2) is 24.4 Å². The van der Waals surface area contributed by atoms with Crippen LogP contribution in [-0.2, 0) is 17.6 Å². The minimum Gasteiger partial charge on any atom is -0.480 e. The molecule has 108 valence electrons. The summed E-state index contributed by atoms with van der Waals surface area (Å²) in [6, 6.07) is 5.59. The number of carboxylic acids is 1. The van der Waals surface area contributed by atoms with Crippen molar-refractivity contribution in [2.24, 2.45) is 0 Å². The summed E-state index contributed by atoms with van der Waals surface area (Å²) in [5.74, 6) is 0.395. The van der Waals surface area contributed by atoms with Crippen LogP contribution in [0.4, 0.5) is 5.82 Å². The van der Waals surface area contributed by atoms with Crippen molar-refractivity contribution in [2.75, 3.05) is 18.5 Å². The number of pyridine rings is 1. The van der Waals surface area contributed by atoms with Crippen LogP contribution in [-0.4, -0.2) is 39.6 Å². The molecule has 0 aromatic carbocycles. The monoisotopic (exact) mass is 284 g/mol. The number of hydrogen-bond acceptors (Lipinski definition) is 5. The Labute approximate surface area is 122 Å². The van der Waals surface area contributed by atoms with Crippen molar-refractivity contribution < 1.29 is 9.90 Å². The van der Waals surface area contributed by atoms with Crippen molar-refractivity contribution in [1.29, 1.82) is 0 Å². The Hall–Kier alpha value is -2.50. The summed E-state index contributed by atoms with van der Waals surface area (Å²) in [5.41, 5.74) is 2.79. The van der Waals surface area contributed by atoms with Gasteiger partial charge in [-0.15, -0.1) is 0 Å². The lowest BCUT2D eigenvalue weighted by Gasteiger charge is -2.19. The summed E-state index contributed by atoms with van der Waals surface area (Å²) in [4.78, 5) is 26.0. The third-order valence-corrected chi connectivity index (χ3v) is 3.54. The van der Waals surface area contributed by atoms with Gasteiger partial charge in [0.2, 0.25) is 0 Å². The standard InChI is InChI=1S/C15H16N4O2/c1-19(9-13(20)21)15-10-5-4-7-11(10)17-14(18-15)12-6-2-3-8-16-12/h2-3,6,8H,4-5,7,9H2,1H3,(H,20,21). The van der Waals surface area contributed by atoms with Crippen LogP contribution in [0.1, 0.15) is 17.7 Å². The molecule has 6 nitrogen and oxygen atoms in total. The number of rotatable bonds is 4. The summed E-state index contributed by atoms with van der Waals surface area (Å²) in [6.45, 7) is -0.0783. The topological polar surface area (TPSA) is 79.2 Å². The summed E-state index contributed by atoms with van der Waals surface area (Å²) in [6.07, 6.45) is 4.54. The van der Waals surface area contributed by atoms with Crippen LogP contribution in [0.5, 0.6) is 0 Å². The van der Waals surface area contributed by atoms with Crippen molar-refractivity contribution in [3.8, 4) is 11.5 Å². The molecule has 0 bridgehead atoms. The SMILES string of the molecule is CN(CC(=O)O)c1nc(-c2ccccn2)nc2c1CCC2. The molecule has 0 radical (unpaired) electrons. The van der Waals surface area contributed by atoms with E-state index in [0.29, 0.717) is 17.3 Å². The molecule has 21 heavy (non-hydrogen) atoms. The molecule has 3 rings (SSSR count). The predicted molar refractivity (Wildman–Crippen MR) is 78.2 cm³/mol. The van der Waals surface area contributed by atoms with E-state index in [2.05, 4.69) is 15.0 Å². The maximum atomic E-state index is 10.9. The highest BCUT2D eigenvalue weighted by molar-refractivity contribution is 5.74. The number of carboxylic acid groups (broad SMARTS) is 1. The second kappa shape index (κ2) is 5.47. The highest BCUT2D eigenvalue weighted by Gasteiger charge is 2.23. The second-order valence-electron chi connectivity index (χ2n) is 5.11. The lowest BCUT2D eigenvalue weighted by Crippen LogP contribution is -2.27. The first kappa shape index (κ1) is 13.5. The van der Waals surface area contributed by atoms with Gasteiger partial charge in [0, 0.05) is 24.5 Å². The Morgan fingerprint density at radius 2 is 2.19 bits per heavy atom. The third kappa shape index (κ3) is 2.69. The van der Waals surface area contributed by atoms with Gasteiger partial charge in [0.15, 0.2) is 5.82 Å². The predicted octanol–water partition coefficient (Wildman–Crippen LogP) is 1.55. The Morgan fingerprint density at radius 3 is 2.90 bits per heavy atom. The molecule has 2 aromatic rings. The molecule has 0 saturated carbocycles. The summed E-state index contributed by atoms with van der Waals surface area (Å²) >= 11 is 0. The molecule has 0 saturated heterocycles. The number of hydrogen-bond donors (Lipinski definition) is 1. The molecule has 0 atom stereocenters. The molecule has 2 aromatic heterocycles. The van der Waals surface area contributed by atoms with E-state index in [9.17, 15) is 4.79 Å². The van der Waals surface area contributed by atoms with E-state index in [1.165, 1.54) is 0 Å². The highest BCUT2D eigenvalue weighted by atomic mass is 16.4. The maximum absolute atomic E-state index is 10.9. The summed E-state index contributed by atoms with van der Waals surface area (Å²) in [5, 5.41) is 8.98. The lowest BCUT2D eigenvalue weighted by molar-refractivity contribution is -0.135. The molecule has 0 spiro atoms. The number of aromatic nitrogens is 3. The van der Waals surface area contributed by atoms with Gasteiger partial charge in [0.1, 0.15) is 18.1 Å². The molecule has 2 heterocycles. The fraction of sp³-hybridized carbons (Fsp3) is 0.333. The first-order chi connectivity index (χ1) is 10.1. The van der Waals surface area contributed by atoms with Crippen LogP contribution in [0.3, 0.4) is 0 Å². The van der Waals surface area contributed by atoms with Gasteiger partial charge < -0.3 is 10.0 Å². The van der Waals surface area contributed by atoms with Gasteiger partial charge in [-0.3, -0.25) is 9.78 Å². The summed E-state index contributed by atoms with van der Waals surface area (Å²) < 4.78 is 0. The van der Waals surface area contributed by atoms with Crippen molar-refractivity contribution in [3.63, 3.8) is 0 Å². The molecule has 0 fully saturated rings. The van der Waals surface area contributed by atoms with Gasteiger partial charge in [0.25, 0.3) is 0 Å². The van der Waals surface area contributed by atoms with Crippen molar-refractivity contribution in [2.45, 2.75) is 19.3 Å². The molecular formula is C15H16N4O2.